The Balaban J connectivity index is 2.12. The molecular formula is C26H25NO5. The highest BCUT2D eigenvalue weighted by atomic mass is 16.5. The molecule has 3 aromatic carbocycles. The number of methoxy groups -OCH3 is 2. The Hall–Kier alpha value is -3.64. The SMILES string of the molecule is COC(=O)[C@]1(O)C[C@H](c2ccccc2)[C@@](C(=O)OC)(c2ccccc2)N1c1ccccc1. The van der Waals surface area contributed by atoms with Gasteiger partial charge in [-0.25, -0.2) is 9.59 Å². The lowest BCUT2D eigenvalue weighted by molar-refractivity contribution is -0.162. The van der Waals surface area contributed by atoms with Gasteiger partial charge in [0.2, 0.25) is 5.72 Å². The van der Waals surface area contributed by atoms with Crippen LogP contribution >= 0.6 is 0 Å². The molecule has 32 heavy (non-hydrogen) atoms. The normalized spacial score (nSPS) is 24.7. The van der Waals surface area contributed by atoms with Gasteiger partial charge in [0.05, 0.1) is 14.2 Å². The summed E-state index contributed by atoms with van der Waals surface area (Å²) < 4.78 is 10.4. The molecule has 1 aliphatic rings. The molecule has 6 heteroatoms. The molecule has 1 saturated heterocycles. The van der Waals surface area contributed by atoms with E-state index in [9.17, 15) is 14.7 Å². The van der Waals surface area contributed by atoms with E-state index in [1.54, 1.807) is 24.3 Å². The maximum Gasteiger partial charge on any atom is 0.359 e. The predicted octanol–water partition coefficient (Wildman–Crippen LogP) is 3.61. The smallest absolute Gasteiger partial charge is 0.359 e. The van der Waals surface area contributed by atoms with Crippen molar-refractivity contribution in [3.8, 4) is 0 Å². The first-order chi connectivity index (χ1) is 15.5. The van der Waals surface area contributed by atoms with Gasteiger partial charge in [-0.1, -0.05) is 78.9 Å². The summed E-state index contributed by atoms with van der Waals surface area (Å²) in [7, 11) is 2.54. The van der Waals surface area contributed by atoms with Crippen molar-refractivity contribution in [2.24, 2.45) is 0 Å². The summed E-state index contributed by atoms with van der Waals surface area (Å²) in [5.41, 5.74) is -1.75. The van der Waals surface area contributed by atoms with E-state index in [0.717, 1.165) is 5.56 Å². The van der Waals surface area contributed by atoms with Crippen LogP contribution in [-0.4, -0.2) is 37.0 Å². The molecule has 1 aliphatic heterocycles. The van der Waals surface area contributed by atoms with E-state index in [1.807, 2.05) is 66.7 Å². The van der Waals surface area contributed by atoms with Crippen LogP contribution in [0.3, 0.4) is 0 Å². The minimum Gasteiger partial charge on any atom is -0.467 e. The van der Waals surface area contributed by atoms with Gasteiger partial charge in [-0.15, -0.1) is 0 Å². The first-order valence-corrected chi connectivity index (χ1v) is 10.3. The quantitative estimate of drug-likeness (QED) is 0.622. The molecular weight excluding hydrogens is 406 g/mol. The molecule has 1 N–H and O–H groups in total. The second kappa shape index (κ2) is 8.48. The average molecular weight is 431 g/mol. The van der Waals surface area contributed by atoms with E-state index in [1.165, 1.54) is 19.1 Å². The molecule has 1 heterocycles. The van der Waals surface area contributed by atoms with E-state index in [-0.39, 0.29) is 6.42 Å². The molecule has 0 saturated carbocycles. The number of rotatable bonds is 5. The highest BCUT2D eigenvalue weighted by molar-refractivity contribution is 5.95. The fourth-order valence-electron chi connectivity index (χ4n) is 4.88. The highest BCUT2D eigenvalue weighted by Gasteiger charge is 2.69. The Morgan fingerprint density at radius 2 is 1.31 bits per heavy atom. The van der Waals surface area contributed by atoms with Gasteiger partial charge < -0.3 is 19.5 Å². The Labute approximate surface area is 187 Å². The minimum atomic E-state index is -2.11. The summed E-state index contributed by atoms with van der Waals surface area (Å²) in [6.07, 6.45) is -0.0669. The molecule has 164 valence electrons. The molecule has 6 nitrogen and oxygen atoms in total. The number of ether oxygens (including phenoxy) is 2. The van der Waals surface area contributed by atoms with Gasteiger partial charge in [-0.3, -0.25) is 0 Å². The summed E-state index contributed by atoms with van der Waals surface area (Å²) in [4.78, 5) is 28.3. The van der Waals surface area contributed by atoms with E-state index >= 15 is 0 Å². The van der Waals surface area contributed by atoms with Gasteiger partial charge in [0.15, 0.2) is 5.54 Å². The number of hydrogen-bond acceptors (Lipinski definition) is 6. The van der Waals surface area contributed by atoms with Crippen LogP contribution in [0.15, 0.2) is 91.0 Å². The molecule has 0 bridgehead atoms. The van der Waals surface area contributed by atoms with Crippen molar-refractivity contribution in [1.82, 2.24) is 0 Å². The van der Waals surface area contributed by atoms with Crippen LogP contribution in [0.1, 0.15) is 23.5 Å². The minimum absolute atomic E-state index is 0.0669. The highest BCUT2D eigenvalue weighted by Crippen LogP contribution is 2.57. The van der Waals surface area contributed by atoms with Crippen molar-refractivity contribution in [2.45, 2.75) is 23.6 Å². The van der Waals surface area contributed by atoms with E-state index in [4.69, 9.17) is 9.47 Å². The number of carbonyl (C=O) groups excluding carboxylic acids is 2. The van der Waals surface area contributed by atoms with Gasteiger partial charge >= 0.3 is 11.9 Å². The van der Waals surface area contributed by atoms with Crippen LogP contribution in [0, 0.1) is 0 Å². The van der Waals surface area contributed by atoms with Crippen LogP contribution in [0.5, 0.6) is 0 Å². The summed E-state index contributed by atoms with van der Waals surface area (Å²) >= 11 is 0. The van der Waals surface area contributed by atoms with Crippen molar-refractivity contribution < 1.29 is 24.2 Å². The number of esters is 2. The zero-order chi connectivity index (χ0) is 22.8. The lowest BCUT2D eigenvalue weighted by Gasteiger charge is -2.44. The molecule has 3 atom stereocenters. The van der Waals surface area contributed by atoms with E-state index in [0.29, 0.717) is 11.3 Å². The zero-order valence-corrected chi connectivity index (χ0v) is 18.0. The van der Waals surface area contributed by atoms with Crippen LogP contribution in [0.25, 0.3) is 0 Å². The topological polar surface area (TPSA) is 76.1 Å². The van der Waals surface area contributed by atoms with Gasteiger partial charge in [-0.2, -0.15) is 0 Å². The van der Waals surface area contributed by atoms with Crippen LogP contribution in [0.4, 0.5) is 5.69 Å². The Kier molecular flexibility index (Phi) is 5.72. The molecule has 4 rings (SSSR count). The maximum absolute atomic E-state index is 13.8. The second-order valence-electron chi connectivity index (χ2n) is 7.77. The van der Waals surface area contributed by atoms with Crippen molar-refractivity contribution in [3.05, 3.63) is 102 Å². The summed E-state index contributed by atoms with van der Waals surface area (Å²) in [6, 6.07) is 27.4. The van der Waals surface area contributed by atoms with E-state index < -0.39 is 29.1 Å². The summed E-state index contributed by atoms with van der Waals surface area (Å²) in [5.74, 6) is -2.03. The zero-order valence-electron chi connectivity index (χ0n) is 18.0. The third kappa shape index (κ3) is 3.15. The monoisotopic (exact) mass is 431 g/mol. The molecule has 3 aromatic rings. The maximum atomic E-state index is 13.8. The van der Waals surface area contributed by atoms with E-state index in [2.05, 4.69) is 0 Å². The number of carbonyl (C=O) groups is 2. The predicted molar refractivity (Wildman–Crippen MR) is 120 cm³/mol. The van der Waals surface area contributed by atoms with Crippen LogP contribution < -0.4 is 4.90 Å². The van der Waals surface area contributed by atoms with Crippen molar-refractivity contribution in [1.29, 1.82) is 0 Å². The van der Waals surface area contributed by atoms with Crippen molar-refractivity contribution in [3.63, 3.8) is 0 Å². The lowest BCUT2D eigenvalue weighted by Crippen LogP contribution is -2.61. The summed E-state index contributed by atoms with van der Waals surface area (Å²) in [6.45, 7) is 0. The van der Waals surface area contributed by atoms with Crippen molar-refractivity contribution in [2.75, 3.05) is 19.1 Å². The van der Waals surface area contributed by atoms with Crippen molar-refractivity contribution >= 4 is 17.6 Å². The van der Waals surface area contributed by atoms with Gasteiger partial charge in [0.25, 0.3) is 0 Å². The van der Waals surface area contributed by atoms with Crippen LogP contribution in [0.2, 0.25) is 0 Å². The first kappa shape index (κ1) is 21.6. The Bertz CT molecular complexity index is 1090. The molecule has 0 radical (unpaired) electrons. The fourth-order valence-corrected chi connectivity index (χ4v) is 4.88. The first-order valence-electron chi connectivity index (χ1n) is 10.3. The molecule has 0 aromatic heterocycles. The van der Waals surface area contributed by atoms with Crippen LogP contribution in [-0.2, 0) is 24.6 Å². The summed E-state index contributed by atoms with van der Waals surface area (Å²) in [5, 5.41) is 11.9. The standard InChI is InChI=1S/C26H25NO5/c1-31-23(28)25(30)18-22(19-12-6-3-7-13-19)26(24(29)32-2,20-14-8-4-9-15-20)27(25)21-16-10-5-11-17-21/h3-17,22,30H,18H2,1-2H3/t22-,25-,26-/m1/s1. The number of benzene rings is 3. The van der Waals surface area contributed by atoms with Gasteiger partial charge in [-0.05, 0) is 23.3 Å². The number of nitrogens with zero attached hydrogens (tertiary/aromatic N) is 1. The second-order valence-corrected chi connectivity index (χ2v) is 7.77. The number of aliphatic hydroxyl groups is 1. The molecule has 1 fully saturated rings. The van der Waals surface area contributed by atoms with Gasteiger partial charge in [0, 0.05) is 18.0 Å². The number of para-hydroxylation sites is 1. The third-order valence-corrected chi connectivity index (χ3v) is 6.15. The lowest BCUT2D eigenvalue weighted by atomic mass is 9.74. The number of anilines is 1. The van der Waals surface area contributed by atoms with Gasteiger partial charge in [0.1, 0.15) is 0 Å². The Morgan fingerprint density at radius 1 is 0.812 bits per heavy atom. The molecule has 0 unspecified atom stereocenters. The fraction of sp³-hybridized carbons (Fsp3) is 0.231. The average Bonchev–Trinajstić information content (AvgIpc) is 3.15. The number of hydrogen-bond donors (Lipinski definition) is 1. The third-order valence-electron chi connectivity index (χ3n) is 6.15. The largest absolute Gasteiger partial charge is 0.467 e. The molecule has 0 spiro atoms. The molecule has 0 amide bonds. The Morgan fingerprint density at radius 3 is 1.84 bits per heavy atom. The molecule has 0 aliphatic carbocycles.